The minimum absolute atomic E-state index is 0.180. The number of nitrogens with zero attached hydrogens (tertiary/aromatic N) is 5. The van der Waals surface area contributed by atoms with Crippen LogP contribution >= 0.6 is 0 Å². The first kappa shape index (κ1) is 13.7. The molecule has 3 aromatic rings. The van der Waals surface area contributed by atoms with Crippen LogP contribution in [0.2, 0.25) is 0 Å². The van der Waals surface area contributed by atoms with Crippen molar-refractivity contribution in [3.63, 3.8) is 0 Å². The lowest BCUT2D eigenvalue weighted by molar-refractivity contribution is 0.493. The molecule has 0 saturated carbocycles. The molecule has 2 aromatic heterocycles. The van der Waals surface area contributed by atoms with Crippen molar-refractivity contribution < 1.29 is 0 Å². The Morgan fingerprint density at radius 3 is 2.91 bits per heavy atom. The van der Waals surface area contributed by atoms with Crippen LogP contribution in [0.15, 0.2) is 47.7 Å². The first-order chi connectivity index (χ1) is 11.2. The van der Waals surface area contributed by atoms with Gasteiger partial charge in [0.05, 0.1) is 23.4 Å². The predicted molar refractivity (Wildman–Crippen MR) is 88.8 cm³/mol. The Morgan fingerprint density at radius 2 is 2.09 bits per heavy atom. The monoisotopic (exact) mass is 308 g/mol. The van der Waals surface area contributed by atoms with Gasteiger partial charge in [-0.3, -0.25) is 4.79 Å². The molecular formula is C16H16N6O. The number of aromatic nitrogens is 4. The number of anilines is 2. The maximum Gasteiger partial charge on any atom is 0.266 e. The molecule has 1 aliphatic heterocycles. The number of hydrogen-bond acceptors (Lipinski definition) is 6. The second-order valence-electron chi connectivity index (χ2n) is 5.69. The van der Waals surface area contributed by atoms with Gasteiger partial charge in [0.1, 0.15) is 12.1 Å². The Hall–Kier alpha value is -2.96. The molecule has 7 nitrogen and oxygen atoms in total. The van der Waals surface area contributed by atoms with Gasteiger partial charge >= 0.3 is 0 Å². The van der Waals surface area contributed by atoms with Crippen LogP contribution < -0.4 is 15.4 Å². The number of likely N-dealkylation sites (N-methyl/N-ethyl adjacent to an activating group) is 1. The minimum Gasteiger partial charge on any atom is -0.366 e. The lowest BCUT2D eigenvalue weighted by Crippen LogP contribution is -2.59. The Labute approximate surface area is 132 Å². The van der Waals surface area contributed by atoms with Gasteiger partial charge in [-0.1, -0.05) is 12.1 Å². The van der Waals surface area contributed by atoms with E-state index in [1.807, 2.05) is 31.3 Å². The Bertz CT molecular complexity index is 897. The van der Waals surface area contributed by atoms with Gasteiger partial charge in [-0.2, -0.15) is 5.10 Å². The highest BCUT2D eigenvalue weighted by atomic mass is 16.1. The van der Waals surface area contributed by atoms with E-state index in [4.69, 9.17) is 0 Å². The molecular weight excluding hydrogens is 292 g/mol. The molecule has 116 valence electrons. The van der Waals surface area contributed by atoms with Gasteiger partial charge in [0, 0.05) is 31.6 Å². The smallest absolute Gasteiger partial charge is 0.266 e. The van der Waals surface area contributed by atoms with Crippen molar-refractivity contribution in [3.05, 3.63) is 53.2 Å². The first-order valence-corrected chi connectivity index (χ1v) is 7.44. The third-order valence-corrected chi connectivity index (χ3v) is 4.28. The summed E-state index contributed by atoms with van der Waals surface area (Å²) in [7, 11) is 2.05. The second kappa shape index (κ2) is 5.35. The number of benzene rings is 1. The van der Waals surface area contributed by atoms with E-state index in [1.165, 1.54) is 0 Å². The summed E-state index contributed by atoms with van der Waals surface area (Å²) in [6.07, 6.45) is 3.28. The predicted octanol–water partition coefficient (Wildman–Crippen LogP) is 1.04. The molecule has 0 unspecified atom stereocenters. The number of aromatic amines is 1. The molecule has 0 aliphatic carbocycles. The largest absolute Gasteiger partial charge is 0.366 e. The van der Waals surface area contributed by atoms with Gasteiger partial charge in [0.2, 0.25) is 0 Å². The average Bonchev–Trinajstić information content (AvgIpc) is 2.53. The zero-order valence-electron chi connectivity index (χ0n) is 12.7. The molecule has 1 saturated heterocycles. The van der Waals surface area contributed by atoms with Gasteiger partial charge in [-0.15, -0.1) is 0 Å². The molecule has 0 amide bonds. The maximum absolute atomic E-state index is 11.3. The zero-order valence-corrected chi connectivity index (χ0v) is 12.7. The number of para-hydroxylation sites is 1. The standard InChI is InChI=1S/C16H16N6O/c1-21(16-13-4-2-3-5-14(13)17-10-18-16)12-8-22(9-12)11-6-15(23)20-19-7-11/h2-7,10,12H,8-9H2,1H3,(H,20,23). The molecule has 1 fully saturated rings. The van der Waals surface area contributed by atoms with E-state index in [-0.39, 0.29) is 5.56 Å². The van der Waals surface area contributed by atoms with E-state index < -0.39 is 0 Å². The van der Waals surface area contributed by atoms with E-state index in [0.29, 0.717) is 6.04 Å². The van der Waals surface area contributed by atoms with Crippen LogP contribution in [-0.2, 0) is 0 Å². The molecule has 0 spiro atoms. The van der Waals surface area contributed by atoms with Crippen LogP contribution in [0.1, 0.15) is 0 Å². The Morgan fingerprint density at radius 1 is 1.26 bits per heavy atom. The zero-order chi connectivity index (χ0) is 15.8. The van der Waals surface area contributed by atoms with Crippen LogP contribution in [0.25, 0.3) is 10.9 Å². The summed E-state index contributed by atoms with van der Waals surface area (Å²) < 4.78 is 0. The highest BCUT2D eigenvalue weighted by Crippen LogP contribution is 2.27. The Balaban J connectivity index is 1.55. The fourth-order valence-electron chi connectivity index (χ4n) is 2.89. The maximum atomic E-state index is 11.3. The van der Waals surface area contributed by atoms with E-state index in [1.54, 1.807) is 18.6 Å². The van der Waals surface area contributed by atoms with Gasteiger partial charge < -0.3 is 9.80 Å². The van der Waals surface area contributed by atoms with Crippen molar-refractivity contribution in [1.82, 2.24) is 20.2 Å². The average molecular weight is 308 g/mol. The molecule has 4 rings (SSSR count). The number of rotatable bonds is 3. The molecule has 23 heavy (non-hydrogen) atoms. The van der Waals surface area contributed by atoms with E-state index in [9.17, 15) is 4.79 Å². The van der Waals surface area contributed by atoms with E-state index in [2.05, 4.69) is 30.0 Å². The number of H-pyrrole nitrogens is 1. The molecule has 0 radical (unpaired) electrons. The van der Waals surface area contributed by atoms with Crippen molar-refractivity contribution in [2.75, 3.05) is 29.9 Å². The molecule has 1 aromatic carbocycles. The summed E-state index contributed by atoms with van der Waals surface area (Å²) in [5.74, 6) is 0.935. The summed E-state index contributed by atoms with van der Waals surface area (Å²) in [5.41, 5.74) is 1.62. The third kappa shape index (κ3) is 2.40. The quantitative estimate of drug-likeness (QED) is 0.779. The summed E-state index contributed by atoms with van der Waals surface area (Å²) >= 11 is 0. The van der Waals surface area contributed by atoms with Crippen LogP contribution in [0, 0.1) is 0 Å². The second-order valence-corrected chi connectivity index (χ2v) is 5.69. The van der Waals surface area contributed by atoms with E-state index in [0.717, 1.165) is 35.5 Å². The highest BCUT2D eigenvalue weighted by Gasteiger charge is 2.31. The summed E-state index contributed by atoms with van der Waals surface area (Å²) in [4.78, 5) is 24.4. The summed E-state index contributed by atoms with van der Waals surface area (Å²) in [5, 5.41) is 7.29. The van der Waals surface area contributed by atoms with Crippen molar-refractivity contribution in [2.24, 2.45) is 0 Å². The third-order valence-electron chi connectivity index (χ3n) is 4.28. The molecule has 7 heteroatoms. The van der Waals surface area contributed by atoms with Gasteiger partial charge in [0.25, 0.3) is 5.56 Å². The molecule has 0 atom stereocenters. The molecule has 3 heterocycles. The van der Waals surface area contributed by atoms with Gasteiger partial charge in [0.15, 0.2) is 0 Å². The number of hydrogen-bond donors (Lipinski definition) is 1. The van der Waals surface area contributed by atoms with Gasteiger partial charge in [-0.25, -0.2) is 15.1 Å². The molecule has 1 aliphatic rings. The van der Waals surface area contributed by atoms with Crippen molar-refractivity contribution in [1.29, 1.82) is 0 Å². The van der Waals surface area contributed by atoms with Crippen LogP contribution in [0.3, 0.4) is 0 Å². The fourth-order valence-corrected chi connectivity index (χ4v) is 2.89. The van der Waals surface area contributed by atoms with Gasteiger partial charge in [-0.05, 0) is 12.1 Å². The SMILES string of the molecule is CN(c1ncnc2ccccc12)C1CN(c2cn[nH]c(=O)c2)C1. The topological polar surface area (TPSA) is 78.0 Å². The normalized spacial score (nSPS) is 14.7. The van der Waals surface area contributed by atoms with Crippen LogP contribution in [-0.4, -0.2) is 46.3 Å². The Kier molecular flexibility index (Phi) is 3.18. The first-order valence-electron chi connectivity index (χ1n) is 7.44. The van der Waals surface area contributed by atoms with Crippen molar-refractivity contribution in [2.45, 2.75) is 6.04 Å². The lowest BCUT2D eigenvalue weighted by Gasteiger charge is -2.45. The fraction of sp³-hybridized carbons (Fsp3) is 0.250. The number of nitrogens with one attached hydrogen (secondary N) is 1. The summed E-state index contributed by atoms with van der Waals surface area (Å²) in [6.45, 7) is 1.67. The highest BCUT2D eigenvalue weighted by molar-refractivity contribution is 5.89. The number of fused-ring (bicyclic) bond motifs is 1. The van der Waals surface area contributed by atoms with Crippen molar-refractivity contribution >= 4 is 22.4 Å². The molecule has 0 bridgehead atoms. The molecule has 1 N–H and O–H groups in total. The minimum atomic E-state index is -0.180. The summed E-state index contributed by atoms with van der Waals surface area (Å²) in [6, 6.07) is 9.92. The van der Waals surface area contributed by atoms with Crippen LogP contribution in [0.5, 0.6) is 0 Å². The van der Waals surface area contributed by atoms with Crippen LogP contribution in [0.4, 0.5) is 11.5 Å². The van der Waals surface area contributed by atoms with Crippen molar-refractivity contribution in [3.8, 4) is 0 Å². The lowest BCUT2D eigenvalue weighted by atomic mass is 10.1. The van der Waals surface area contributed by atoms with E-state index >= 15 is 0 Å².